The van der Waals surface area contributed by atoms with Crippen LogP contribution in [0.4, 0.5) is 0 Å². The number of carboxylic acids is 1. The Kier molecular flexibility index (Phi) is 3.48. The number of rotatable bonds is 4. The van der Waals surface area contributed by atoms with Gasteiger partial charge in [0.05, 0.1) is 5.56 Å². The quantitative estimate of drug-likeness (QED) is 0.754. The van der Waals surface area contributed by atoms with Gasteiger partial charge in [-0.2, -0.15) is 0 Å². The Morgan fingerprint density at radius 2 is 2.07 bits per heavy atom. The van der Waals surface area contributed by atoms with Crippen LogP contribution in [-0.2, 0) is 0 Å². The number of aromatic carboxylic acids is 1. The molecule has 4 nitrogen and oxygen atoms in total. The van der Waals surface area contributed by atoms with Crippen molar-refractivity contribution in [2.45, 2.75) is 13.0 Å². The van der Waals surface area contributed by atoms with Gasteiger partial charge in [-0.3, -0.25) is 0 Å². The molecule has 0 aliphatic heterocycles. The van der Waals surface area contributed by atoms with Gasteiger partial charge < -0.3 is 15.6 Å². The maximum absolute atomic E-state index is 10.5. The van der Waals surface area contributed by atoms with Crippen molar-refractivity contribution in [1.82, 2.24) is 0 Å². The molecule has 0 saturated carbocycles. The molecule has 0 bridgehead atoms. The third kappa shape index (κ3) is 3.06. The summed E-state index contributed by atoms with van der Waals surface area (Å²) in [5, 5.41) is 8.63. The lowest BCUT2D eigenvalue weighted by Crippen LogP contribution is -2.23. The molecule has 1 aromatic rings. The smallest absolute Gasteiger partial charge is 0.335 e. The molecule has 0 aliphatic rings. The third-order valence-electron chi connectivity index (χ3n) is 1.61. The van der Waals surface area contributed by atoms with Gasteiger partial charge in [-0.15, -0.1) is 0 Å². The highest BCUT2D eigenvalue weighted by molar-refractivity contribution is 5.87. The predicted molar refractivity (Wildman–Crippen MR) is 52.5 cm³/mol. The largest absolute Gasteiger partial charge is 0.492 e. The van der Waals surface area contributed by atoms with Crippen LogP contribution in [-0.4, -0.2) is 23.7 Å². The van der Waals surface area contributed by atoms with E-state index in [2.05, 4.69) is 0 Å². The highest BCUT2D eigenvalue weighted by Gasteiger charge is 2.02. The zero-order valence-corrected chi connectivity index (χ0v) is 7.93. The summed E-state index contributed by atoms with van der Waals surface area (Å²) in [7, 11) is 0. The molecular formula is C10H13NO3. The Morgan fingerprint density at radius 1 is 1.50 bits per heavy atom. The average Bonchev–Trinajstić information content (AvgIpc) is 2.15. The molecule has 1 rings (SSSR count). The van der Waals surface area contributed by atoms with Crippen molar-refractivity contribution in [2.24, 2.45) is 5.73 Å². The van der Waals surface area contributed by atoms with Crippen molar-refractivity contribution in [3.63, 3.8) is 0 Å². The summed E-state index contributed by atoms with van der Waals surface area (Å²) in [6, 6.07) is 6.20. The fraction of sp³-hybridized carbons (Fsp3) is 0.300. The summed E-state index contributed by atoms with van der Waals surface area (Å²) in [4.78, 5) is 10.5. The molecule has 0 aromatic heterocycles. The van der Waals surface area contributed by atoms with E-state index < -0.39 is 5.97 Å². The number of ether oxygens (including phenoxy) is 1. The Hall–Kier alpha value is -1.55. The molecule has 0 fully saturated rings. The number of benzene rings is 1. The second kappa shape index (κ2) is 4.62. The van der Waals surface area contributed by atoms with E-state index >= 15 is 0 Å². The Morgan fingerprint density at radius 3 is 2.50 bits per heavy atom. The van der Waals surface area contributed by atoms with Crippen molar-refractivity contribution in [1.29, 1.82) is 0 Å². The van der Waals surface area contributed by atoms with Crippen molar-refractivity contribution in [3.05, 3.63) is 29.8 Å². The minimum Gasteiger partial charge on any atom is -0.492 e. The molecule has 1 aromatic carbocycles. The number of carboxylic acid groups (broad SMARTS) is 1. The normalized spacial score (nSPS) is 12.1. The van der Waals surface area contributed by atoms with E-state index in [9.17, 15) is 4.79 Å². The van der Waals surface area contributed by atoms with Crippen molar-refractivity contribution < 1.29 is 14.6 Å². The molecule has 0 aliphatic carbocycles. The van der Waals surface area contributed by atoms with Crippen LogP contribution >= 0.6 is 0 Å². The first-order chi connectivity index (χ1) is 6.59. The van der Waals surface area contributed by atoms with E-state index in [1.807, 2.05) is 6.92 Å². The summed E-state index contributed by atoms with van der Waals surface area (Å²) in [5.74, 6) is -0.309. The van der Waals surface area contributed by atoms with Crippen LogP contribution in [0.5, 0.6) is 5.75 Å². The number of hydrogen-bond donors (Lipinski definition) is 2. The first kappa shape index (κ1) is 10.5. The highest BCUT2D eigenvalue weighted by atomic mass is 16.5. The van der Waals surface area contributed by atoms with Crippen molar-refractivity contribution in [2.75, 3.05) is 6.61 Å². The van der Waals surface area contributed by atoms with Crippen molar-refractivity contribution in [3.8, 4) is 5.75 Å². The van der Waals surface area contributed by atoms with Crippen LogP contribution < -0.4 is 10.5 Å². The van der Waals surface area contributed by atoms with E-state index in [-0.39, 0.29) is 11.6 Å². The van der Waals surface area contributed by atoms with Gasteiger partial charge in [-0.1, -0.05) is 0 Å². The molecule has 0 heterocycles. The third-order valence-corrected chi connectivity index (χ3v) is 1.61. The fourth-order valence-electron chi connectivity index (χ4n) is 0.921. The molecule has 1 unspecified atom stereocenters. The molecule has 0 saturated heterocycles. The SMILES string of the molecule is CC(N)COc1ccc(C(=O)O)cc1. The summed E-state index contributed by atoms with van der Waals surface area (Å²) >= 11 is 0. The average molecular weight is 195 g/mol. The lowest BCUT2D eigenvalue weighted by atomic mass is 10.2. The van der Waals surface area contributed by atoms with Crippen LogP contribution in [0, 0.1) is 0 Å². The number of nitrogens with two attached hydrogens (primary N) is 1. The molecule has 3 N–H and O–H groups in total. The van der Waals surface area contributed by atoms with Gasteiger partial charge >= 0.3 is 5.97 Å². The van der Waals surface area contributed by atoms with Gasteiger partial charge in [0.25, 0.3) is 0 Å². The Balaban J connectivity index is 2.60. The monoisotopic (exact) mass is 195 g/mol. The van der Waals surface area contributed by atoms with Gasteiger partial charge in [0, 0.05) is 6.04 Å². The maximum atomic E-state index is 10.5. The van der Waals surface area contributed by atoms with Gasteiger partial charge in [-0.25, -0.2) is 4.79 Å². The van der Waals surface area contributed by atoms with Gasteiger partial charge in [0.15, 0.2) is 0 Å². The van der Waals surface area contributed by atoms with Gasteiger partial charge in [0.2, 0.25) is 0 Å². The zero-order chi connectivity index (χ0) is 10.6. The zero-order valence-electron chi connectivity index (χ0n) is 7.93. The highest BCUT2D eigenvalue weighted by Crippen LogP contribution is 2.12. The summed E-state index contributed by atoms with van der Waals surface area (Å²) in [5.41, 5.74) is 5.75. The number of hydrogen-bond acceptors (Lipinski definition) is 3. The fourth-order valence-corrected chi connectivity index (χ4v) is 0.921. The molecular weight excluding hydrogens is 182 g/mol. The van der Waals surface area contributed by atoms with Crippen LogP contribution in [0.25, 0.3) is 0 Å². The van der Waals surface area contributed by atoms with E-state index in [4.69, 9.17) is 15.6 Å². The van der Waals surface area contributed by atoms with Crippen molar-refractivity contribution >= 4 is 5.97 Å². The maximum Gasteiger partial charge on any atom is 0.335 e. The molecule has 0 spiro atoms. The first-order valence-electron chi connectivity index (χ1n) is 4.31. The molecule has 76 valence electrons. The second-order valence-corrected chi connectivity index (χ2v) is 3.12. The topological polar surface area (TPSA) is 72.5 Å². The van der Waals surface area contributed by atoms with Crippen LogP contribution in [0.15, 0.2) is 24.3 Å². The van der Waals surface area contributed by atoms with E-state index in [0.29, 0.717) is 12.4 Å². The molecule has 0 amide bonds. The van der Waals surface area contributed by atoms with Crippen LogP contribution in [0.1, 0.15) is 17.3 Å². The predicted octanol–water partition coefficient (Wildman–Crippen LogP) is 1.11. The summed E-state index contributed by atoms with van der Waals surface area (Å²) in [6.07, 6.45) is 0. The Labute approximate surface area is 82.3 Å². The first-order valence-corrected chi connectivity index (χ1v) is 4.31. The lowest BCUT2D eigenvalue weighted by Gasteiger charge is -2.08. The lowest BCUT2D eigenvalue weighted by molar-refractivity contribution is 0.0697. The van der Waals surface area contributed by atoms with E-state index in [1.54, 1.807) is 12.1 Å². The Bertz CT molecular complexity index is 306. The second-order valence-electron chi connectivity index (χ2n) is 3.12. The van der Waals surface area contributed by atoms with Gasteiger partial charge in [0.1, 0.15) is 12.4 Å². The van der Waals surface area contributed by atoms with E-state index in [0.717, 1.165) is 0 Å². The van der Waals surface area contributed by atoms with Crippen LogP contribution in [0.2, 0.25) is 0 Å². The molecule has 14 heavy (non-hydrogen) atoms. The summed E-state index contributed by atoms with van der Waals surface area (Å²) in [6.45, 7) is 2.26. The van der Waals surface area contributed by atoms with E-state index in [1.165, 1.54) is 12.1 Å². The molecule has 1 atom stereocenters. The van der Waals surface area contributed by atoms with Crippen LogP contribution in [0.3, 0.4) is 0 Å². The minimum absolute atomic E-state index is 0.0332. The van der Waals surface area contributed by atoms with Gasteiger partial charge in [-0.05, 0) is 31.2 Å². The molecule has 4 heteroatoms. The number of carbonyl (C=O) groups is 1. The molecule has 0 radical (unpaired) electrons. The standard InChI is InChI=1S/C10H13NO3/c1-7(11)6-14-9-4-2-8(3-5-9)10(12)13/h2-5,7H,6,11H2,1H3,(H,12,13). The summed E-state index contributed by atoms with van der Waals surface area (Å²) < 4.78 is 5.28. The minimum atomic E-state index is -0.941.